The average molecular weight is 298 g/mol. The molecule has 0 aliphatic carbocycles. The van der Waals surface area contributed by atoms with Gasteiger partial charge in [-0.3, -0.25) is 9.69 Å². The number of nitrogens with zero attached hydrogens (tertiary/aromatic N) is 2. The monoisotopic (exact) mass is 298 g/mol. The summed E-state index contributed by atoms with van der Waals surface area (Å²) in [4.78, 5) is 17.4. The minimum atomic E-state index is -0.794. The largest absolute Gasteiger partial charge is 0.481 e. The molecule has 5 nitrogen and oxygen atoms in total. The zero-order valence-electron chi connectivity index (χ0n) is 11.9. The Bertz CT molecular complexity index is 428. The van der Waals surface area contributed by atoms with Gasteiger partial charge in [-0.25, -0.2) is 4.98 Å². The van der Waals surface area contributed by atoms with E-state index in [2.05, 4.69) is 22.2 Å². The van der Waals surface area contributed by atoms with Gasteiger partial charge in [0.1, 0.15) is 0 Å². The lowest BCUT2D eigenvalue weighted by Gasteiger charge is -2.31. The van der Waals surface area contributed by atoms with Crippen LogP contribution in [0.4, 0.5) is 0 Å². The van der Waals surface area contributed by atoms with Gasteiger partial charge < -0.3 is 9.84 Å². The van der Waals surface area contributed by atoms with Crippen molar-refractivity contribution in [1.29, 1.82) is 0 Å². The number of rotatable bonds is 7. The van der Waals surface area contributed by atoms with Crippen LogP contribution in [0.1, 0.15) is 36.9 Å². The Labute approximate surface area is 123 Å². The molecule has 0 amide bonds. The molecule has 1 fully saturated rings. The molecule has 0 radical (unpaired) electrons. The number of likely N-dealkylation sites (tertiary alicyclic amines) is 1. The highest BCUT2D eigenvalue weighted by molar-refractivity contribution is 7.09. The fraction of sp³-hybridized carbons (Fsp3) is 0.714. The van der Waals surface area contributed by atoms with Crippen molar-refractivity contribution in [3.8, 4) is 0 Å². The summed E-state index contributed by atoms with van der Waals surface area (Å²) in [5.74, 6) is -0.794. The van der Waals surface area contributed by atoms with E-state index in [0.29, 0.717) is 6.61 Å². The summed E-state index contributed by atoms with van der Waals surface area (Å²) in [6, 6.07) is 0. The smallest absolute Gasteiger partial charge is 0.305 e. The zero-order chi connectivity index (χ0) is 14.4. The summed E-state index contributed by atoms with van der Waals surface area (Å²) in [6.45, 7) is 5.36. The van der Waals surface area contributed by atoms with E-state index in [1.54, 1.807) is 11.3 Å². The van der Waals surface area contributed by atoms with E-state index in [-0.39, 0.29) is 12.5 Å². The number of carboxylic acid groups (broad SMARTS) is 1. The standard InChI is InChI=1S/C14H22N2O3S/c1-2-13-15-11(10-20-13)9-16-6-3-12(4-7-16)19-8-5-14(17)18/h10,12H,2-9H2,1H3,(H,17,18). The highest BCUT2D eigenvalue weighted by atomic mass is 32.1. The number of hydrogen-bond donors (Lipinski definition) is 1. The van der Waals surface area contributed by atoms with Crippen molar-refractivity contribution >= 4 is 17.3 Å². The molecule has 0 atom stereocenters. The Hall–Kier alpha value is -0.980. The van der Waals surface area contributed by atoms with Gasteiger partial charge in [-0.2, -0.15) is 0 Å². The van der Waals surface area contributed by atoms with Crippen LogP contribution in [0.3, 0.4) is 0 Å². The number of ether oxygens (including phenoxy) is 1. The molecule has 0 bridgehead atoms. The minimum Gasteiger partial charge on any atom is -0.481 e. The molecule has 2 heterocycles. The maximum Gasteiger partial charge on any atom is 0.305 e. The molecule has 0 aromatic carbocycles. The molecule has 1 aromatic rings. The van der Waals surface area contributed by atoms with Gasteiger partial charge >= 0.3 is 5.97 Å². The summed E-state index contributed by atoms with van der Waals surface area (Å²) in [6.07, 6.45) is 3.27. The SMILES string of the molecule is CCc1nc(CN2CCC(OCCC(=O)O)CC2)cs1. The van der Waals surface area contributed by atoms with E-state index >= 15 is 0 Å². The molecule has 0 spiro atoms. The molecule has 0 saturated carbocycles. The first-order chi connectivity index (χ1) is 9.67. The second kappa shape index (κ2) is 7.71. The molecule has 1 aromatic heterocycles. The van der Waals surface area contributed by atoms with Crippen LogP contribution in [0.5, 0.6) is 0 Å². The van der Waals surface area contributed by atoms with Gasteiger partial charge in [0.25, 0.3) is 0 Å². The maximum atomic E-state index is 10.4. The number of thiazole rings is 1. The number of aromatic nitrogens is 1. The summed E-state index contributed by atoms with van der Waals surface area (Å²) in [5.41, 5.74) is 1.16. The van der Waals surface area contributed by atoms with Crippen LogP contribution >= 0.6 is 11.3 Å². The number of carbonyl (C=O) groups is 1. The number of hydrogen-bond acceptors (Lipinski definition) is 5. The van der Waals surface area contributed by atoms with Crippen molar-refractivity contribution in [1.82, 2.24) is 9.88 Å². The third-order valence-corrected chi connectivity index (χ3v) is 4.53. The van der Waals surface area contributed by atoms with E-state index in [4.69, 9.17) is 9.84 Å². The summed E-state index contributed by atoms with van der Waals surface area (Å²) < 4.78 is 5.59. The van der Waals surface area contributed by atoms with E-state index in [1.165, 1.54) is 5.01 Å². The molecule has 2 rings (SSSR count). The molecule has 1 saturated heterocycles. The molecule has 6 heteroatoms. The van der Waals surface area contributed by atoms with Crippen LogP contribution in [0, 0.1) is 0 Å². The quantitative estimate of drug-likeness (QED) is 0.836. The van der Waals surface area contributed by atoms with Gasteiger partial charge in [0.05, 0.1) is 29.8 Å². The Balaban J connectivity index is 1.67. The topological polar surface area (TPSA) is 62.7 Å². The van der Waals surface area contributed by atoms with Gasteiger partial charge in [0.15, 0.2) is 0 Å². The van der Waals surface area contributed by atoms with Crippen molar-refractivity contribution in [3.05, 3.63) is 16.1 Å². The number of piperidine rings is 1. The van der Waals surface area contributed by atoms with E-state index in [1.807, 2.05) is 0 Å². The fourth-order valence-corrected chi connectivity index (χ4v) is 3.10. The first-order valence-electron chi connectivity index (χ1n) is 7.16. The van der Waals surface area contributed by atoms with Crippen LogP contribution < -0.4 is 0 Å². The van der Waals surface area contributed by atoms with Gasteiger partial charge in [0.2, 0.25) is 0 Å². The van der Waals surface area contributed by atoms with Crippen LogP contribution in [0.25, 0.3) is 0 Å². The van der Waals surface area contributed by atoms with Gasteiger partial charge in [-0.05, 0) is 19.3 Å². The van der Waals surface area contributed by atoms with Crippen molar-refractivity contribution in [2.24, 2.45) is 0 Å². The Kier molecular flexibility index (Phi) is 5.94. The molecule has 1 aliphatic rings. The van der Waals surface area contributed by atoms with Crippen LogP contribution in [0.15, 0.2) is 5.38 Å². The average Bonchev–Trinajstić information content (AvgIpc) is 2.88. The predicted octanol–water partition coefficient (Wildman–Crippen LogP) is 2.16. The first kappa shape index (κ1) is 15.4. The molecule has 112 valence electrons. The first-order valence-corrected chi connectivity index (χ1v) is 8.04. The third kappa shape index (κ3) is 4.85. The van der Waals surface area contributed by atoms with Crippen molar-refractivity contribution in [2.45, 2.75) is 45.3 Å². The molecular weight excluding hydrogens is 276 g/mol. The second-order valence-electron chi connectivity index (χ2n) is 5.08. The van der Waals surface area contributed by atoms with Crippen molar-refractivity contribution < 1.29 is 14.6 Å². The number of carboxylic acids is 1. The minimum absolute atomic E-state index is 0.0961. The molecular formula is C14H22N2O3S. The Morgan fingerprint density at radius 2 is 2.30 bits per heavy atom. The highest BCUT2D eigenvalue weighted by Gasteiger charge is 2.20. The van der Waals surface area contributed by atoms with Gasteiger partial charge in [-0.1, -0.05) is 6.92 Å². The van der Waals surface area contributed by atoms with Gasteiger partial charge in [-0.15, -0.1) is 11.3 Å². The highest BCUT2D eigenvalue weighted by Crippen LogP contribution is 2.18. The number of aliphatic carboxylic acids is 1. The molecule has 0 unspecified atom stereocenters. The molecule has 20 heavy (non-hydrogen) atoms. The van der Waals surface area contributed by atoms with Crippen LogP contribution in [-0.2, 0) is 22.5 Å². The number of aryl methyl sites for hydroxylation is 1. The molecule has 1 N–H and O–H groups in total. The van der Waals surface area contributed by atoms with E-state index in [9.17, 15) is 4.79 Å². The summed E-state index contributed by atoms with van der Waals surface area (Å²) >= 11 is 1.73. The van der Waals surface area contributed by atoms with Crippen LogP contribution in [-0.4, -0.2) is 46.8 Å². The predicted molar refractivity (Wildman–Crippen MR) is 78.0 cm³/mol. The Morgan fingerprint density at radius 3 is 2.90 bits per heavy atom. The van der Waals surface area contributed by atoms with E-state index < -0.39 is 5.97 Å². The summed E-state index contributed by atoms with van der Waals surface area (Å²) in [5, 5.41) is 11.9. The maximum absolute atomic E-state index is 10.4. The lowest BCUT2D eigenvalue weighted by atomic mass is 10.1. The van der Waals surface area contributed by atoms with E-state index in [0.717, 1.165) is 44.6 Å². The lowest BCUT2D eigenvalue weighted by Crippen LogP contribution is -2.36. The van der Waals surface area contributed by atoms with Crippen molar-refractivity contribution in [3.63, 3.8) is 0 Å². The van der Waals surface area contributed by atoms with Crippen molar-refractivity contribution in [2.75, 3.05) is 19.7 Å². The van der Waals surface area contributed by atoms with Gasteiger partial charge in [0, 0.05) is 25.0 Å². The Morgan fingerprint density at radius 1 is 1.55 bits per heavy atom. The molecule has 1 aliphatic heterocycles. The third-order valence-electron chi connectivity index (χ3n) is 3.49. The summed E-state index contributed by atoms with van der Waals surface area (Å²) in [7, 11) is 0. The fourth-order valence-electron chi connectivity index (χ4n) is 2.36. The lowest BCUT2D eigenvalue weighted by molar-refractivity contribution is -0.138. The zero-order valence-corrected chi connectivity index (χ0v) is 12.7. The normalized spacial score (nSPS) is 17.4. The van der Waals surface area contributed by atoms with Crippen LogP contribution in [0.2, 0.25) is 0 Å². The second-order valence-corrected chi connectivity index (χ2v) is 6.02.